The van der Waals surface area contributed by atoms with Crippen molar-refractivity contribution in [2.24, 2.45) is 5.73 Å². The average Bonchev–Trinajstić information content (AvgIpc) is 3.12. The smallest absolute Gasteiger partial charge is 0.213 e. The lowest BCUT2D eigenvalue weighted by atomic mass is 10.1. The van der Waals surface area contributed by atoms with Crippen LogP contribution in [-0.4, -0.2) is 39.8 Å². The third-order valence-electron chi connectivity index (χ3n) is 5.56. The number of fused-ring (bicyclic) bond motifs is 2. The monoisotopic (exact) mass is 434 g/mol. The fourth-order valence-corrected chi connectivity index (χ4v) is 5.02. The van der Waals surface area contributed by atoms with Gasteiger partial charge in [-0.1, -0.05) is 36.0 Å². The van der Waals surface area contributed by atoms with Gasteiger partial charge in [-0.25, -0.2) is 0 Å². The lowest BCUT2D eigenvalue weighted by Crippen LogP contribution is -2.37. The maximum Gasteiger partial charge on any atom is 0.213 e. The molecule has 0 spiro atoms. The maximum absolute atomic E-state index is 5.49. The van der Waals surface area contributed by atoms with Crippen LogP contribution >= 0.6 is 11.8 Å². The first-order valence-corrected chi connectivity index (χ1v) is 11.8. The molecule has 0 bridgehead atoms. The van der Waals surface area contributed by atoms with Crippen LogP contribution in [0.25, 0.3) is 17.0 Å². The summed E-state index contributed by atoms with van der Waals surface area (Å²) in [6, 6.07) is 19.5. The number of benzene rings is 2. The Labute approximate surface area is 189 Å². The van der Waals surface area contributed by atoms with Crippen molar-refractivity contribution in [1.82, 2.24) is 10.6 Å². The van der Waals surface area contributed by atoms with Gasteiger partial charge in [0.2, 0.25) is 5.52 Å². The predicted molar refractivity (Wildman–Crippen MR) is 132 cm³/mol. The van der Waals surface area contributed by atoms with Gasteiger partial charge >= 0.3 is 0 Å². The van der Waals surface area contributed by atoms with Gasteiger partial charge < -0.3 is 21.3 Å². The van der Waals surface area contributed by atoms with Gasteiger partial charge in [0.15, 0.2) is 6.20 Å². The summed E-state index contributed by atoms with van der Waals surface area (Å²) in [5, 5.41) is 9.36. The Kier molecular flexibility index (Phi) is 7.59. The molecule has 31 heavy (non-hydrogen) atoms. The van der Waals surface area contributed by atoms with Crippen LogP contribution in [0.5, 0.6) is 0 Å². The number of para-hydroxylation sites is 2. The van der Waals surface area contributed by atoms with Crippen LogP contribution in [0.1, 0.15) is 12.0 Å². The summed E-state index contributed by atoms with van der Waals surface area (Å²) in [6.45, 7) is 5.53. The zero-order chi connectivity index (χ0) is 21.5. The number of anilines is 1. The molecule has 0 amide bonds. The molecule has 1 aliphatic heterocycles. The van der Waals surface area contributed by atoms with Crippen molar-refractivity contribution in [2.45, 2.75) is 17.9 Å². The Hall–Kier alpha value is -2.38. The van der Waals surface area contributed by atoms with Crippen molar-refractivity contribution in [3.63, 3.8) is 0 Å². The van der Waals surface area contributed by atoms with Gasteiger partial charge in [-0.15, -0.1) is 0 Å². The third-order valence-corrected chi connectivity index (χ3v) is 6.73. The van der Waals surface area contributed by atoms with Gasteiger partial charge in [-0.3, -0.25) is 0 Å². The number of aryl methyl sites for hydroxylation is 1. The lowest BCUT2D eigenvalue weighted by Gasteiger charge is -2.13. The summed E-state index contributed by atoms with van der Waals surface area (Å²) in [6.07, 6.45) is 5.64. The summed E-state index contributed by atoms with van der Waals surface area (Å²) in [7, 11) is 2.15. The van der Waals surface area contributed by atoms with Gasteiger partial charge in [-0.2, -0.15) is 4.57 Å². The van der Waals surface area contributed by atoms with Gasteiger partial charge in [0.1, 0.15) is 6.54 Å². The summed E-state index contributed by atoms with van der Waals surface area (Å²) >= 11 is 1.84. The largest absolute Gasteiger partial charge is 0.338 e. The Morgan fingerprint density at radius 2 is 1.74 bits per heavy atom. The van der Waals surface area contributed by atoms with E-state index in [-0.39, 0.29) is 0 Å². The van der Waals surface area contributed by atoms with E-state index >= 15 is 0 Å². The van der Waals surface area contributed by atoms with Gasteiger partial charge in [0.25, 0.3) is 0 Å². The number of nitrogens with zero attached hydrogens (tertiary/aromatic N) is 2. The summed E-state index contributed by atoms with van der Waals surface area (Å²) in [5.74, 6) is 0. The molecule has 2 aromatic carbocycles. The molecule has 0 saturated carbocycles. The fourth-order valence-electron chi connectivity index (χ4n) is 3.91. The Morgan fingerprint density at radius 3 is 2.58 bits per heavy atom. The molecule has 1 aromatic heterocycles. The van der Waals surface area contributed by atoms with E-state index < -0.39 is 0 Å². The van der Waals surface area contributed by atoms with Crippen molar-refractivity contribution >= 4 is 34.4 Å². The van der Waals surface area contributed by atoms with Crippen LogP contribution in [-0.2, 0) is 6.54 Å². The van der Waals surface area contributed by atoms with E-state index in [4.69, 9.17) is 5.73 Å². The number of hydrogen-bond donors (Lipinski definition) is 3. The molecule has 162 valence electrons. The zero-order valence-electron chi connectivity index (χ0n) is 18.2. The fraction of sp³-hybridized carbons (Fsp3) is 0.320. The highest BCUT2D eigenvalue weighted by atomic mass is 32.2. The summed E-state index contributed by atoms with van der Waals surface area (Å²) < 4.78 is 2.37. The zero-order valence-corrected chi connectivity index (χ0v) is 19.0. The number of pyridine rings is 1. The highest BCUT2D eigenvalue weighted by Crippen LogP contribution is 2.45. The minimum Gasteiger partial charge on any atom is -0.338 e. The van der Waals surface area contributed by atoms with Crippen molar-refractivity contribution in [1.29, 1.82) is 0 Å². The van der Waals surface area contributed by atoms with Gasteiger partial charge in [-0.05, 0) is 29.8 Å². The predicted octanol–water partition coefficient (Wildman–Crippen LogP) is 3.20. The number of hydrogen-bond acceptors (Lipinski definition) is 5. The molecule has 0 saturated heterocycles. The minimum atomic E-state index is 0.693. The molecular weight excluding hydrogens is 402 g/mol. The molecule has 0 fully saturated rings. The second-order valence-corrected chi connectivity index (χ2v) is 8.80. The second-order valence-electron chi connectivity index (χ2n) is 7.74. The van der Waals surface area contributed by atoms with Crippen molar-refractivity contribution in [3.05, 3.63) is 71.4 Å². The molecule has 0 aliphatic carbocycles. The van der Waals surface area contributed by atoms with E-state index in [1.165, 1.54) is 32.1 Å². The van der Waals surface area contributed by atoms with Crippen LogP contribution < -0.4 is 25.8 Å². The Bertz CT molecular complexity index is 1050. The molecule has 2 heterocycles. The van der Waals surface area contributed by atoms with E-state index in [1.807, 2.05) is 11.8 Å². The number of nitrogens with one attached hydrogen (secondary N) is 2. The average molecular weight is 435 g/mol. The molecule has 6 heteroatoms. The first-order chi connectivity index (χ1) is 15.3. The van der Waals surface area contributed by atoms with E-state index in [0.717, 1.165) is 39.1 Å². The molecule has 4 N–H and O–H groups in total. The standard InChI is InChI=1S/C25H32N5S/c1-29-23-9-4-5-10-24(23)31-25(29)19-20-11-18-30(22-8-3-2-7-21(20)22)17-6-13-27-15-16-28-14-12-26/h2-5,7-11,18-19,27-28H,6,12-17,26H2,1H3/q+1. The van der Waals surface area contributed by atoms with Crippen LogP contribution in [0.2, 0.25) is 0 Å². The Morgan fingerprint density at radius 1 is 0.968 bits per heavy atom. The quantitative estimate of drug-likeness (QED) is 0.338. The van der Waals surface area contributed by atoms with E-state index in [2.05, 4.69) is 94.0 Å². The highest BCUT2D eigenvalue weighted by molar-refractivity contribution is 8.03. The highest BCUT2D eigenvalue weighted by Gasteiger charge is 2.22. The summed E-state index contributed by atoms with van der Waals surface area (Å²) in [5.41, 5.74) is 9.31. The molecule has 1 aliphatic rings. The van der Waals surface area contributed by atoms with Crippen LogP contribution in [0, 0.1) is 0 Å². The lowest BCUT2D eigenvalue weighted by molar-refractivity contribution is -0.671. The van der Waals surface area contributed by atoms with E-state index in [1.54, 1.807) is 0 Å². The van der Waals surface area contributed by atoms with Crippen LogP contribution in [0.3, 0.4) is 0 Å². The number of thioether (sulfide) groups is 1. The number of nitrogens with two attached hydrogens (primary N) is 1. The minimum absolute atomic E-state index is 0.693. The maximum atomic E-state index is 5.49. The number of aromatic nitrogens is 1. The van der Waals surface area contributed by atoms with Crippen molar-refractivity contribution in [2.75, 3.05) is 44.7 Å². The molecular formula is C25H32N5S+. The molecule has 4 rings (SSSR count). The molecule has 5 nitrogen and oxygen atoms in total. The second kappa shape index (κ2) is 10.8. The first kappa shape index (κ1) is 21.8. The number of rotatable bonds is 10. The molecule has 0 atom stereocenters. The van der Waals surface area contributed by atoms with Crippen LogP contribution in [0.15, 0.2) is 70.7 Å². The van der Waals surface area contributed by atoms with E-state index in [9.17, 15) is 0 Å². The first-order valence-electron chi connectivity index (χ1n) is 11.0. The van der Waals surface area contributed by atoms with E-state index in [0.29, 0.717) is 6.54 Å². The third kappa shape index (κ3) is 5.28. The Balaban J connectivity index is 1.44. The van der Waals surface area contributed by atoms with Crippen molar-refractivity contribution < 1.29 is 4.57 Å². The topological polar surface area (TPSA) is 57.2 Å². The van der Waals surface area contributed by atoms with Gasteiger partial charge in [0, 0.05) is 63.2 Å². The van der Waals surface area contributed by atoms with Gasteiger partial charge in [0.05, 0.1) is 16.1 Å². The normalized spacial score (nSPS) is 14.5. The van der Waals surface area contributed by atoms with Crippen molar-refractivity contribution in [3.8, 4) is 0 Å². The molecule has 0 radical (unpaired) electrons. The SMILES string of the molecule is CN1/C(=C/c2cc[n+](CCCNCCNCCN)c3ccccc23)Sc2ccccc21. The molecule has 3 aromatic rings. The molecule has 0 unspecified atom stereocenters. The van der Waals surface area contributed by atoms with Crippen LogP contribution in [0.4, 0.5) is 5.69 Å². The summed E-state index contributed by atoms with van der Waals surface area (Å²) in [4.78, 5) is 3.60.